The lowest BCUT2D eigenvalue weighted by molar-refractivity contribution is -0.159. The van der Waals surface area contributed by atoms with Gasteiger partial charge in [0.05, 0.1) is 5.56 Å². The van der Waals surface area contributed by atoms with Crippen LogP contribution in [0.3, 0.4) is 0 Å². The fraction of sp³-hybridized carbons (Fsp3) is 0.159. The van der Waals surface area contributed by atoms with Crippen LogP contribution in [-0.4, -0.2) is 78.2 Å². The molecule has 11 heteroatoms. The second-order valence-corrected chi connectivity index (χ2v) is 12.5. The fourth-order valence-electron chi connectivity index (χ4n) is 5.52. The van der Waals surface area contributed by atoms with Crippen LogP contribution in [0.2, 0.25) is 0 Å². The van der Waals surface area contributed by atoms with E-state index in [0.717, 1.165) is 22.4 Å². The highest BCUT2D eigenvalue weighted by Crippen LogP contribution is 2.40. The number of hydrogen-bond acceptors (Lipinski definition) is 8. The quantitative estimate of drug-likeness (QED) is 0.119. The number of anilines is 1. The van der Waals surface area contributed by atoms with Gasteiger partial charge in [-0.25, -0.2) is 14.4 Å². The van der Waals surface area contributed by atoms with E-state index < -0.39 is 23.5 Å². The number of carboxylic acid groups (broad SMARTS) is 3. The Hall–Kier alpha value is -6.85. The van der Waals surface area contributed by atoms with Crippen LogP contribution in [0.5, 0.6) is 5.75 Å². The number of carbonyl (C=O) groups is 5. The molecule has 0 bridgehead atoms. The van der Waals surface area contributed by atoms with Crippen molar-refractivity contribution in [1.82, 2.24) is 0 Å². The molecular formula is C44H41NO10. The Kier molecular flexibility index (Phi) is 14.4. The Morgan fingerprint density at radius 3 is 1.78 bits per heavy atom. The average molecular weight is 744 g/mol. The molecule has 0 amide bonds. The van der Waals surface area contributed by atoms with Crippen LogP contribution in [0.1, 0.15) is 45.5 Å². The van der Waals surface area contributed by atoms with E-state index >= 15 is 0 Å². The van der Waals surface area contributed by atoms with Crippen LogP contribution < -0.4 is 9.64 Å². The number of methoxy groups -OCH3 is 1. The van der Waals surface area contributed by atoms with Gasteiger partial charge < -0.3 is 29.7 Å². The van der Waals surface area contributed by atoms with Gasteiger partial charge in [0.1, 0.15) is 5.75 Å². The molecule has 1 unspecified atom stereocenters. The normalized spacial score (nSPS) is 16.8. The van der Waals surface area contributed by atoms with Gasteiger partial charge in [0, 0.05) is 44.5 Å². The first-order valence-electron chi connectivity index (χ1n) is 17.1. The number of nitrogens with zero attached hydrogens (tertiary/aromatic N) is 1. The zero-order valence-corrected chi connectivity index (χ0v) is 30.5. The molecular weight excluding hydrogens is 702 g/mol. The molecule has 1 saturated carbocycles. The van der Waals surface area contributed by atoms with Crippen molar-refractivity contribution in [3.05, 3.63) is 154 Å². The molecule has 0 heterocycles. The van der Waals surface area contributed by atoms with Crippen molar-refractivity contribution in [2.45, 2.75) is 18.4 Å². The van der Waals surface area contributed by atoms with Crippen LogP contribution in [0.15, 0.2) is 126 Å². The Bertz CT molecular complexity index is 2110. The van der Waals surface area contributed by atoms with Gasteiger partial charge in [-0.1, -0.05) is 78.9 Å². The maximum absolute atomic E-state index is 12.7. The van der Waals surface area contributed by atoms with Crippen LogP contribution in [0, 0.1) is 0 Å². The number of aromatic carboxylic acids is 1. The van der Waals surface area contributed by atoms with Crippen molar-refractivity contribution in [2.75, 3.05) is 32.7 Å². The number of ketones is 2. The number of allylic oxidation sites excluding steroid dienone is 2. The molecule has 1 aliphatic carbocycles. The van der Waals surface area contributed by atoms with E-state index in [9.17, 15) is 29.1 Å². The molecule has 0 spiro atoms. The highest BCUT2D eigenvalue weighted by atomic mass is 16.5. The average Bonchev–Trinajstić information content (AvgIpc) is 3.18. The number of aliphatic carboxylic acids is 2. The summed E-state index contributed by atoms with van der Waals surface area (Å²) in [6.45, 7) is -0.381. The number of rotatable bonds is 13. The van der Waals surface area contributed by atoms with E-state index in [1.54, 1.807) is 60.7 Å². The SMILES string of the molecule is CN(C)c1ccc(C=CC(=O)C=Cc2ccc(OCC(=O)O)cc2)cc1.COC1(C(=O)O)CCC(=O)C(=Cc2ccc(C(=O)O)cc2)C1=Cc1ccccc1. The Morgan fingerprint density at radius 1 is 0.727 bits per heavy atom. The van der Waals surface area contributed by atoms with Crippen molar-refractivity contribution in [3.8, 4) is 5.75 Å². The third-order valence-electron chi connectivity index (χ3n) is 8.53. The summed E-state index contributed by atoms with van der Waals surface area (Å²) in [5, 5.41) is 27.5. The number of hydrogen-bond donors (Lipinski definition) is 3. The third-order valence-corrected chi connectivity index (χ3v) is 8.53. The van der Waals surface area contributed by atoms with E-state index in [1.165, 1.54) is 31.4 Å². The lowest BCUT2D eigenvalue weighted by Gasteiger charge is -2.35. The zero-order chi connectivity index (χ0) is 40.0. The first-order chi connectivity index (χ1) is 26.3. The van der Waals surface area contributed by atoms with Gasteiger partial charge in [0.2, 0.25) is 0 Å². The van der Waals surface area contributed by atoms with Crippen LogP contribution in [0.4, 0.5) is 5.69 Å². The molecule has 282 valence electrons. The lowest BCUT2D eigenvalue weighted by atomic mass is 9.74. The van der Waals surface area contributed by atoms with Gasteiger partial charge in [-0.15, -0.1) is 0 Å². The van der Waals surface area contributed by atoms with Gasteiger partial charge in [-0.2, -0.15) is 0 Å². The van der Waals surface area contributed by atoms with Crippen molar-refractivity contribution >= 4 is 59.5 Å². The predicted molar refractivity (Wildman–Crippen MR) is 211 cm³/mol. The fourth-order valence-corrected chi connectivity index (χ4v) is 5.52. The number of benzene rings is 4. The minimum absolute atomic E-state index is 0.0330. The smallest absolute Gasteiger partial charge is 0.341 e. The Balaban J connectivity index is 0.000000246. The van der Waals surface area contributed by atoms with Gasteiger partial charge in [0.15, 0.2) is 23.8 Å². The topological polar surface area (TPSA) is 168 Å². The van der Waals surface area contributed by atoms with Crippen molar-refractivity contribution in [2.24, 2.45) is 0 Å². The van der Waals surface area contributed by atoms with E-state index in [-0.39, 0.29) is 47.7 Å². The third kappa shape index (κ3) is 11.6. The summed E-state index contributed by atoms with van der Waals surface area (Å²) in [5.41, 5.74) is 3.22. The lowest BCUT2D eigenvalue weighted by Crippen LogP contribution is -2.47. The van der Waals surface area contributed by atoms with E-state index in [0.29, 0.717) is 11.3 Å². The largest absolute Gasteiger partial charge is 0.482 e. The molecule has 3 N–H and O–H groups in total. The Labute approximate surface area is 318 Å². The summed E-state index contributed by atoms with van der Waals surface area (Å²) < 4.78 is 10.5. The van der Waals surface area contributed by atoms with Gasteiger partial charge in [0.25, 0.3) is 0 Å². The van der Waals surface area contributed by atoms with E-state index in [2.05, 4.69) is 0 Å². The highest BCUT2D eigenvalue weighted by molar-refractivity contribution is 6.10. The van der Waals surface area contributed by atoms with Crippen LogP contribution in [0.25, 0.3) is 24.3 Å². The first-order valence-corrected chi connectivity index (χ1v) is 17.1. The maximum atomic E-state index is 12.7. The molecule has 1 aliphatic rings. The molecule has 1 fully saturated rings. The molecule has 4 aromatic carbocycles. The molecule has 0 aromatic heterocycles. The van der Waals surface area contributed by atoms with Crippen molar-refractivity contribution in [3.63, 3.8) is 0 Å². The standard InChI is InChI=1S/C23H20O6.C21H21NO4/c1-29-23(22(27)28)12-11-20(24)18(19(23)14-15-5-3-2-4-6-15)13-16-7-9-17(10-8-16)21(25)26;1-22(2)18-9-3-16(4-10-18)5-11-19(23)12-6-17-7-13-20(14-8-17)26-15-21(24)25/h2-10,13-14H,11-12H2,1H3,(H,25,26)(H,27,28);3-14H,15H2,1-2H3,(H,24,25). The molecule has 5 rings (SSSR count). The van der Waals surface area contributed by atoms with Crippen molar-refractivity contribution < 1.29 is 48.8 Å². The summed E-state index contributed by atoms with van der Waals surface area (Å²) in [4.78, 5) is 60.4. The molecule has 1 atom stereocenters. The Morgan fingerprint density at radius 2 is 1.27 bits per heavy atom. The van der Waals surface area contributed by atoms with Crippen molar-refractivity contribution in [1.29, 1.82) is 0 Å². The summed E-state index contributed by atoms with van der Waals surface area (Å²) in [5.74, 6) is -3.08. The summed E-state index contributed by atoms with van der Waals surface area (Å²) in [6.07, 6.45) is 9.78. The van der Waals surface area contributed by atoms with Gasteiger partial charge >= 0.3 is 17.9 Å². The molecule has 11 nitrogen and oxygen atoms in total. The number of carbonyl (C=O) groups excluding carboxylic acids is 2. The first kappa shape index (κ1) is 40.9. The minimum atomic E-state index is -1.64. The van der Waals surface area contributed by atoms with Gasteiger partial charge in [-0.05, 0) is 89.4 Å². The number of ether oxygens (including phenoxy) is 2. The molecule has 0 saturated heterocycles. The summed E-state index contributed by atoms with van der Waals surface area (Å²) in [6, 6.07) is 29.9. The van der Waals surface area contributed by atoms with Crippen LogP contribution >= 0.6 is 0 Å². The summed E-state index contributed by atoms with van der Waals surface area (Å²) >= 11 is 0. The molecule has 4 aromatic rings. The molecule has 0 aliphatic heterocycles. The number of carboxylic acids is 3. The van der Waals surface area contributed by atoms with E-state index in [1.807, 2.05) is 73.6 Å². The van der Waals surface area contributed by atoms with Gasteiger partial charge in [-0.3, -0.25) is 9.59 Å². The van der Waals surface area contributed by atoms with Crippen LogP contribution in [-0.2, 0) is 23.9 Å². The highest BCUT2D eigenvalue weighted by Gasteiger charge is 2.48. The molecule has 0 radical (unpaired) electrons. The predicted octanol–water partition coefficient (Wildman–Crippen LogP) is 7.20. The monoisotopic (exact) mass is 743 g/mol. The molecule has 55 heavy (non-hydrogen) atoms. The summed E-state index contributed by atoms with van der Waals surface area (Å²) in [7, 11) is 5.27. The maximum Gasteiger partial charge on any atom is 0.341 e. The zero-order valence-electron chi connectivity index (χ0n) is 30.5. The number of Topliss-reactive ketones (excluding diaryl/α,β-unsaturated/α-hetero) is 1. The van der Waals surface area contributed by atoms with E-state index in [4.69, 9.17) is 19.7 Å². The second kappa shape index (κ2) is 19.3. The minimum Gasteiger partial charge on any atom is -0.482 e. The second-order valence-electron chi connectivity index (χ2n) is 12.5.